The largest absolute Gasteiger partial charge is 0.308 e. The smallest absolute Gasteiger partial charge is 0.270 e. The number of aromatic nitrogens is 1. The number of benzene rings is 2. The SMILES string of the molecule is CCc1ccc2nc(N(CCN(C)C)C(=O)c3cccc([N+](=O)[O-])c3)sc2c1.Cl. The summed E-state index contributed by atoms with van der Waals surface area (Å²) in [7, 11) is 3.86. The van der Waals surface area contributed by atoms with E-state index in [1.165, 1.54) is 35.1 Å². The van der Waals surface area contributed by atoms with Crippen molar-refractivity contribution in [3.05, 3.63) is 63.7 Å². The van der Waals surface area contributed by atoms with Gasteiger partial charge in [0.1, 0.15) is 0 Å². The maximum atomic E-state index is 13.2. The second kappa shape index (κ2) is 9.78. The Kier molecular flexibility index (Phi) is 7.66. The molecule has 3 rings (SSSR count). The standard InChI is InChI=1S/C20H22N4O3S.ClH/c1-4-14-8-9-17-18(12-14)28-20(21-17)23(11-10-22(2)3)19(25)15-6-5-7-16(13-15)24(26)27;/h5-9,12-13H,4,10-11H2,1-3H3;1H. The summed E-state index contributed by atoms with van der Waals surface area (Å²) in [5.74, 6) is -0.291. The summed E-state index contributed by atoms with van der Waals surface area (Å²) in [5, 5.41) is 11.7. The molecule has 9 heteroatoms. The number of rotatable bonds is 7. The van der Waals surface area contributed by atoms with Gasteiger partial charge in [0.15, 0.2) is 5.13 Å². The number of amides is 1. The number of carbonyl (C=O) groups is 1. The highest BCUT2D eigenvalue weighted by molar-refractivity contribution is 7.22. The van der Waals surface area contributed by atoms with E-state index in [2.05, 4.69) is 18.0 Å². The molecule has 0 atom stereocenters. The summed E-state index contributed by atoms with van der Waals surface area (Å²) >= 11 is 1.46. The van der Waals surface area contributed by atoms with Gasteiger partial charge in [0, 0.05) is 30.8 Å². The van der Waals surface area contributed by atoms with Gasteiger partial charge in [0.05, 0.1) is 15.1 Å². The van der Waals surface area contributed by atoms with Crippen molar-refractivity contribution in [2.75, 3.05) is 32.1 Å². The summed E-state index contributed by atoms with van der Waals surface area (Å²) in [6.45, 7) is 3.18. The molecule has 2 aromatic carbocycles. The van der Waals surface area contributed by atoms with Crippen molar-refractivity contribution >= 4 is 50.7 Å². The minimum Gasteiger partial charge on any atom is -0.308 e. The van der Waals surface area contributed by atoms with E-state index >= 15 is 0 Å². The predicted octanol–water partition coefficient (Wildman–Crippen LogP) is 4.40. The van der Waals surface area contributed by atoms with Crippen molar-refractivity contribution < 1.29 is 9.72 Å². The van der Waals surface area contributed by atoms with Crippen molar-refractivity contribution in [2.24, 2.45) is 0 Å². The fraction of sp³-hybridized carbons (Fsp3) is 0.300. The highest BCUT2D eigenvalue weighted by atomic mass is 35.5. The number of likely N-dealkylation sites (N-methyl/N-ethyl adjacent to an activating group) is 1. The Morgan fingerprint density at radius 1 is 1.17 bits per heavy atom. The topological polar surface area (TPSA) is 79.6 Å². The molecule has 154 valence electrons. The molecule has 1 heterocycles. The fourth-order valence-electron chi connectivity index (χ4n) is 2.78. The van der Waals surface area contributed by atoms with Crippen LogP contribution >= 0.6 is 23.7 Å². The molecule has 0 spiro atoms. The quantitative estimate of drug-likeness (QED) is 0.406. The van der Waals surface area contributed by atoms with Crippen molar-refractivity contribution in [3.8, 4) is 0 Å². The van der Waals surface area contributed by atoms with Crippen molar-refractivity contribution in [2.45, 2.75) is 13.3 Å². The number of hydrogen-bond donors (Lipinski definition) is 0. The number of thiazole rings is 1. The van der Waals surface area contributed by atoms with Gasteiger partial charge in [-0.25, -0.2) is 4.98 Å². The number of halogens is 1. The van der Waals surface area contributed by atoms with Crippen molar-refractivity contribution in [3.63, 3.8) is 0 Å². The first-order valence-electron chi connectivity index (χ1n) is 8.99. The number of aryl methyl sites for hydroxylation is 1. The average Bonchev–Trinajstić information content (AvgIpc) is 3.10. The Balaban J connectivity index is 0.00000300. The molecular formula is C20H23ClN4O3S. The van der Waals surface area contributed by atoms with E-state index in [1.807, 2.05) is 31.1 Å². The molecule has 0 bridgehead atoms. The van der Waals surface area contributed by atoms with Crippen LogP contribution in [-0.4, -0.2) is 47.9 Å². The van der Waals surface area contributed by atoms with E-state index in [0.29, 0.717) is 18.2 Å². The summed E-state index contributed by atoms with van der Waals surface area (Å²) in [5.41, 5.74) is 2.24. The minimum atomic E-state index is -0.495. The summed E-state index contributed by atoms with van der Waals surface area (Å²) < 4.78 is 1.02. The molecule has 0 aliphatic rings. The summed E-state index contributed by atoms with van der Waals surface area (Å²) in [4.78, 5) is 32.0. The summed E-state index contributed by atoms with van der Waals surface area (Å²) in [6.07, 6.45) is 0.931. The molecule has 0 saturated heterocycles. The van der Waals surface area contributed by atoms with E-state index in [1.54, 1.807) is 11.0 Å². The van der Waals surface area contributed by atoms with E-state index in [-0.39, 0.29) is 29.6 Å². The zero-order valence-electron chi connectivity index (χ0n) is 16.5. The Bertz CT molecular complexity index is 1020. The molecule has 3 aromatic rings. The Labute approximate surface area is 179 Å². The lowest BCUT2D eigenvalue weighted by Gasteiger charge is -2.22. The van der Waals surface area contributed by atoms with Gasteiger partial charge in [-0.3, -0.25) is 19.8 Å². The van der Waals surface area contributed by atoms with E-state index in [0.717, 1.165) is 16.6 Å². The molecule has 0 radical (unpaired) electrons. The van der Waals surface area contributed by atoms with Crippen LogP contribution in [0.2, 0.25) is 0 Å². The molecule has 1 aromatic heterocycles. The van der Waals surface area contributed by atoms with E-state index in [4.69, 9.17) is 0 Å². The molecule has 29 heavy (non-hydrogen) atoms. The maximum absolute atomic E-state index is 13.2. The van der Waals surface area contributed by atoms with Gasteiger partial charge in [-0.1, -0.05) is 30.4 Å². The third kappa shape index (κ3) is 5.29. The first-order chi connectivity index (χ1) is 13.4. The number of fused-ring (bicyclic) bond motifs is 1. The molecule has 1 amide bonds. The van der Waals surface area contributed by atoms with Gasteiger partial charge in [-0.2, -0.15) is 0 Å². The maximum Gasteiger partial charge on any atom is 0.270 e. The van der Waals surface area contributed by atoms with Crippen molar-refractivity contribution in [1.29, 1.82) is 0 Å². The fourth-order valence-corrected chi connectivity index (χ4v) is 3.84. The molecular weight excluding hydrogens is 412 g/mol. The third-order valence-electron chi connectivity index (χ3n) is 4.40. The highest BCUT2D eigenvalue weighted by Crippen LogP contribution is 2.31. The van der Waals surface area contributed by atoms with E-state index in [9.17, 15) is 14.9 Å². The van der Waals surface area contributed by atoms with Gasteiger partial charge in [-0.05, 0) is 44.3 Å². The van der Waals surface area contributed by atoms with Crippen LogP contribution in [0.1, 0.15) is 22.8 Å². The lowest BCUT2D eigenvalue weighted by atomic mass is 10.2. The Morgan fingerprint density at radius 2 is 1.93 bits per heavy atom. The van der Waals surface area contributed by atoms with Crippen LogP contribution in [0.25, 0.3) is 10.2 Å². The normalized spacial score (nSPS) is 10.8. The first-order valence-corrected chi connectivity index (χ1v) is 9.81. The second-order valence-electron chi connectivity index (χ2n) is 6.72. The average molecular weight is 435 g/mol. The zero-order chi connectivity index (χ0) is 20.3. The highest BCUT2D eigenvalue weighted by Gasteiger charge is 2.23. The van der Waals surface area contributed by atoms with Gasteiger partial charge >= 0.3 is 0 Å². The van der Waals surface area contributed by atoms with Crippen LogP contribution in [0.5, 0.6) is 0 Å². The van der Waals surface area contributed by atoms with Crippen LogP contribution in [0.3, 0.4) is 0 Å². The van der Waals surface area contributed by atoms with Gasteiger partial charge < -0.3 is 4.90 Å². The van der Waals surface area contributed by atoms with Crippen LogP contribution in [0.15, 0.2) is 42.5 Å². The van der Waals surface area contributed by atoms with Crippen LogP contribution < -0.4 is 4.90 Å². The second-order valence-corrected chi connectivity index (χ2v) is 7.73. The Hall–Kier alpha value is -2.55. The molecule has 7 nitrogen and oxygen atoms in total. The lowest BCUT2D eigenvalue weighted by molar-refractivity contribution is -0.384. The number of non-ortho nitro benzene ring substituents is 1. The molecule has 0 fully saturated rings. The van der Waals surface area contributed by atoms with Crippen LogP contribution in [0.4, 0.5) is 10.8 Å². The molecule has 0 N–H and O–H groups in total. The number of hydrogen-bond acceptors (Lipinski definition) is 6. The van der Waals surface area contributed by atoms with Crippen LogP contribution in [0, 0.1) is 10.1 Å². The van der Waals surface area contributed by atoms with Gasteiger partial charge in [0.25, 0.3) is 11.6 Å². The predicted molar refractivity (Wildman–Crippen MR) is 120 cm³/mol. The van der Waals surface area contributed by atoms with Gasteiger partial charge in [0.2, 0.25) is 0 Å². The molecule has 0 aliphatic heterocycles. The van der Waals surface area contributed by atoms with Gasteiger partial charge in [-0.15, -0.1) is 12.4 Å². The monoisotopic (exact) mass is 434 g/mol. The minimum absolute atomic E-state index is 0. The number of nitrogens with zero attached hydrogens (tertiary/aromatic N) is 4. The number of nitro groups is 1. The molecule has 0 aliphatic carbocycles. The Morgan fingerprint density at radius 3 is 2.59 bits per heavy atom. The number of nitro benzene ring substituents is 1. The lowest BCUT2D eigenvalue weighted by Crippen LogP contribution is -2.36. The first kappa shape index (κ1) is 22.7. The van der Waals surface area contributed by atoms with E-state index < -0.39 is 4.92 Å². The van der Waals surface area contributed by atoms with Crippen LogP contribution in [-0.2, 0) is 6.42 Å². The summed E-state index contributed by atoms with van der Waals surface area (Å²) in [6, 6.07) is 11.9. The zero-order valence-corrected chi connectivity index (χ0v) is 18.1. The van der Waals surface area contributed by atoms with Crippen molar-refractivity contribution in [1.82, 2.24) is 9.88 Å². The molecule has 0 unspecified atom stereocenters. The third-order valence-corrected chi connectivity index (χ3v) is 5.44. The number of anilines is 1. The molecule has 0 saturated carbocycles. The number of carbonyl (C=O) groups excluding carboxylic acids is 1.